The average Bonchev–Trinajstić information content (AvgIpc) is 3.68. The molecule has 3 nitrogen and oxygen atoms in total. The van der Waals surface area contributed by atoms with Gasteiger partial charge in [-0.25, -0.2) is 9.97 Å². The number of para-hydroxylation sites is 1. The second-order valence-electron chi connectivity index (χ2n) is 16.6. The van der Waals surface area contributed by atoms with Crippen molar-refractivity contribution in [2.24, 2.45) is 0 Å². The first-order valence-electron chi connectivity index (χ1n) is 21.6. The maximum atomic E-state index is 14.6. The Bertz CT molecular complexity index is 3480. The molecular formula is C56H31F12N3. The van der Waals surface area contributed by atoms with Crippen LogP contribution in [-0.4, -0.2) is 14.5 Å². The van der Waals surface area contributed by atoms with E-state index in [1.807, 2.05) is 60.7 Å². The molecule has 0 atom stereocenters. The molecule has 354 valence electrons. The third-order valence-corrected chi connectivity index (χ3v) is 12.1. The van der Waals surface area contributed by atoms with E-state index >= 15 is 0 Å². The first kappa shape index (κ1) is 46.5. The van der Waals surface area contributed by atoms with Gasteiger partial charge in [0.1, 0.15) is 0 Å². The third-order valence-electron chi connectivity index (χ3n) is 12.1. The molecule has 0 saturated heterocycles. The molecule has 0 N–H and O–H groups in total. The van der Waals surface area contributed by atoms with Gasteiger partial charge in [0, 0.05) is 38.6 Å². The number of hydrogen-bond acceptors (Lipinski definition) is 2. The Morgan fingerprint density at radius 1 is 0.310 bits per heavy atom. The summed E-state index contributed by atoms with van der Waals surface area (Å²) < 4.78 is 171. The molecule has 10 aromatic rings. The normalized spacial score (nSPS) is 12.5. The number of halogens is 12. The number of nitrogens with zero attached hydrogens (tertiary/aromatic N) is 3. The molecule has 71 heavy (non-hydrogen) atoms. The minimum absolute atomic E-state index is 0.0547. The summed E-state index contributed by atoms with van der Waals surface area (Å²) in [6, 6.07) is 44.4. The van der Waals surface area contributed by atoms with Crippen LogP contribution in [0.2, 0.25) is 0 Å². The topological polar surface area (TPSA) is 30.7 Å². The molecule has 0 unspecified atom stereocenters. The molecule has 15 heteroatoms. The molecule has 0 bridgehead atoms. The summed E-state index contributed by atoms with van der Waals surface area (Å²) in [6.45, 7) is 0. The van der Waals surface area contributed by atoms with E-state index in [2.05, 4.69) is 0 Å². The zero-order chi connectivity index (χ0) is 50.0. The third kappa shape index (κ3) is 8.99. The first-order valence-corrected chi connectivity index (χ1v) is 21.6. The molecule has 8 aromatic carbocycles. The Hall–Kier alpha value is -8.20. The van der Waals surface area contributed by atoms with Gasteiger partial charge in [0.15, 0.2) is 5.82 Å². The maximum Gasteiger partial charge on any atom is 0.417 e. The molecule has 10 rings (SSSR count). The molecule has 0 amide bonds. The quantitative estimate of drug-likeness (QED) is 0.149. The highest BCUT2D eigenvalue weighted by Gasteiger charge is 2.39. The number of aromatic nitrogens is 3. The number of rotatable bonds is 7. The van der Waals surface area contributed by atoms with E-state index < -0.39 is 52.5 Å². The largest absolute Gasteiger partial charge is 0.417 e. The lowest BCUT2D eigenvalue weighted by Gasteiger charge is -2.22. The van der Waals surface area contributed by atoms with Crippen LogP contribution in [0.5, 0.6) is 0 Å². The van der Waals surface area contributed by atoms with Crippen molar-refractivity contribution in [3.63, 3.8) is 0 Å². The SMILES string of the molecule is FC(F)(F)c1ccc(-c2cc(-c3nc(-c4ccccc4)cc(-c4ccccc4)n3)cc(-c3ccc(C(F)(F)F)cc3)c2-n2c3ccccc3c3cc(-c4ccc(C(F)(F)F)cc4C(F)(F)F)ccc32)cc1. The summed E-state index contributed by atoms with van der Waals surface area (Å²) >= 11 is 0. The standard InChI is InChI=1S/C56H31F12N3/c57-53(58,59)38-20-15-32(16-21-38)43-28-37(52-69-47(34-9-3-1-4-10-34)31-48(70-52)35-11-5-2-6-12-35)29-44(33-17-22-39(23-18-33)54(60,61)62)51(43)71-49-14-8-7-13-42(49)45-27-36(19-26-50(45)71)41-25-24-40(55(63,64)65)30-46(41)56(66,67)68/h1-31H. The van der Waals surface area contributed by atoms with Gasteiger partial charge >= 0.3 is 24.7 Å². The molecule has 0 saturated carbocycles. The van der Waals surface area contributed by atoms with Crippen molar-refractivity contribution in [1.29, 1.82) is 0 Å². The number of alkyl halides is 12. The van der Waals surface area contributed by atoms with Crippen molar-refractivity contribution < 1.29 is 52.7 Å². The number of benzene rings is 8. The van der Waals surface area contributed by atoms with Gasteiger partial charge in [-0.05, 0) is 95.1 Å². The van der Waals surface area contributed by atoms with Gasteiger partial charge in [-0.1, -0.05) is 115 Å². The van der Waals surface area contributed by atoms with Gasteiger partial charge in [0.05, 0.1) is 50.4 Å². The molecule has 2 aromatic heterocycles. The highest BCUT2D eigenvalue weighted by Crippen LogP contribution is 2.47. The predicted octanol–water partition coefficient (Wildman–Crippen LogP) is 17.7. The van der Waals surface area contributed by atoms with Crippen LogP contribution < -0.4 is 0 Å². The lowest BCUT2D eigenvalue weighted by molar-refractivity contribution is -0.143. The van der Waals surface area contributed by atoms with Gasteiger partial charge < -0.3 is 4.57 Å². The summed E-state index contributed by atoms with van der Waals surface area (Å²) in [5, 5.41) is 0.787. The van der Waals surface area contributed by atoms with Gasteiger partial charge in [-0.2, -0.15) is 52.7 Å². The molecule has 0 aliphatic rings. The highest BCUT2D eigenvalue weighted by molar-refractivity contribution is 6.12. The minimum atomic E-state index is -5.19. The fourth-order valence-corrected chi connectivity index (χ4v) is 8.80. The lowest BCUT2D eigenvalue weighted by atomic mass is 9.91. The summed E-state index contributed by atoms with van der Waals surface area (Å²) in [5.41, 5.74) is -0.783. The van der Waals surface area contributed by atoms with E-state index in [0.29, 0.717) is 44.8 Å². The van der Waals surface area contributed by atoms with Crippen LogP contribution >= 0.6 is 0 Å². The summed E-state index contributed by atoms with van der Waals surface area (Å²) in [5.74, 6) is 0.155. The molecule has 0 radical (unpaired) electrons. The molecule has 0 fully saturated rings. The predicted molar refractivity (Wildman–Crippen MR) is 249 cm³/mol. The zero-order valence-corrected chi connectivity index (χ0v) is 36.3. The van der Waals surface area contributed by atoms with E-state index in [1.165, 1.54) is 42.5 Å². The monoisotopic (exact) mass is 973 g/mol. The summed E-state index contributed by atoms with van der Waals surface area (Å²) in [4.78, 5) is 9.96. The number of hydrogen-bond donors (Lipinski definition) is 0. The van der Waals surface area contributed by atoms with Gasteiger partial charge in [-0.15, -0.1) is 0 Å². The Kier molecular flexibility index (Phi) is 11.4. The summed E-state index contributed by atoms with van der Waals surface area (Å²) in [7, 11) is 0. The number of fused-ring (bicyclic) bond motifs is 3. The second-order valence-corrected chi connectivity index (χ2v) is 16.6. The first-order chi connectivity index (χ1) is 33.7. The molecule has 0 aliphatic heterocycles. The van der Waals surface area contributed by atoms with Crippen LogP contribution in [-0.2, 0) is 24.7 Å². The fourth-order valence-electron chi connectivity index (χ4n) is 8.80. The van der Waals surface area contributed by atoms with E-state index in [0.717, 1.165) is 41.5 Å². The molecular weight excluding hydrogens is 943 g/mol. The van der Waals surface area contributed by atoms with E-state index in [1.54, 1.807) is 47.0 Å². The molecule has 0 aliphatic carbocycles. The highest BCUT2D eigenvalue weighted by atomic mass is 19.4. The van der Waals surface area contributed by atoms with Crippen LogP contribution in [0.4, 0.5) is 52.7 Å². The van der Waals surface area contributed by atoms with Crippen LogP contribution in [0.15, 0.2) is 188 Å². The van der Waals surface area contributed by atoms with Crippen LogP contribution in [0.1, 0.15) is 22.3 Å². The zero-order valence-electron chi connectivity index (χ0n) is 36.3. The van der Waals surface area contributed by atoms with Gasteiger partial charge in [0.2, 0.25) is 0 Å². The van der Waals surface area contributed by atoms with E-state index in [-0.39, 0.29) is 45.4 Å². The van der Waals surface area contributed by atoms with Crippen LogP contribution in [0, 0.1) is 0 Å². The van der Waals surface area contributed by atoms with Crippen molar-refractivity contribution in [3.05, 3.63) is 210 Å². The Labute approximate surface area is 395 Å². The molecule has 0 spiro atoms. The van der Waals surface area contributed by atoms with Gasteiger partial charge in [-0.3, -0.25) is 0 Å². The van der Waals surface area contributed by atoms with Crippen molar-refractivity contribution in [2.75, 3.05) is 0 Å². The van der Waals surface area contributed by atoms with Gasteiger partial charge in [0.25, 0.3) is 0 Å². The van der Waals surface area contributed by atoms with Crippen LogP contribution in [0.25, 0.3) is 94.8 Å². The van der Waals surface area contributed by atoms with Crippen molar-refractivity contribution in [3.8, 4) is 73.0 Å². The average molecular weight is 974 g/mol. The van der Waals surface area contributed by atoms with Crippen molar-refractivity contribution in [2.45, 2.75) is 24.7 Å². The van der Waals surface area contributed by atoms with E-state index in [9.17, 15) is 52.7 Å². The van der Waals surface area contributed by atoms with Crippen molar-refractivity contribution >= 4 is 21.8 Å². The summed E-state index contributed by atoms with van der Waals surface area (Å²) in [6.07, 6.45) is -19.7. The Morgan fingerprint density at radius 3 is 1.25 bits per heavy atom. The van der Waals surface area contributed by atoms with E-state index in [4.69, 9.17) is 9.97 Å². The fraction of sp³-hybridized carbons (Fsp3) is 0.0714. The molecule has 2 heterocycles. The smallest absolute Gasteiger partial charge is 0.308 e. The minimum Gasteiger partial charge on any atom is -0.308 e. The van der Waals surface area contributed by atoms with Crippen LogP contribution in [0.3, 0.4) is 0 Å². The maximum absolute atomic E-state index is 14.6. The lowest BCUT2D eigenvalue weighted by Crippen LogP contribution is -2.12. The van der Waals surface area contributed by atoms with Crippen molar-refractivity contribution in [1.82, 2.24) is 14.5 Å². The second kappa shape index (κ2) is 17.3. The Morgan fingerprint density at radius 2 is 0.761 bits per heavy atom. The Balaban J connectivity index is 1.30.